The van der Waals surface area contributed by atoms with Crippen LogP contribution in [0.4, 0.5) is 0 Å². The van der Waals surface area contributed by atoms with Crippen molar-refractivity contribution in [2.45, 2.75) is 77.2 Å². The minimum atomic E-state index is 0.388. The molecular formula is C16H32N4. The van der Waals surface area contributed by atoms with Crippen molar-refractivity contribution in [3.05, 3.63) is 11.9 Å². The van der Waals surface area contributed by atoms with Gasteiger partial charge in [-0.2, -0.15) is 0 Å². The van der Waals surface area contributed by atoms with Crippen molar-refractivity contribution in [3.63, 3.8) is 0 Å². The van der Waals surface area contributed by atoms with Crippen LogP contribution >= 0.6 is 0 Å². The monoisotopic (exact) mass is 280 g/mol. The van der Waals surface area contributed by atoms with Gasteiger partial charge in [-0.05, 0) is 13.5 Å². The third-order valence-electron chi connectivity index (χ3n) is 4.05. The summed E-state index contributed by atoms with van der Waals surface area (Å²) < 4.78 is 1.87. The summed E-state index contributed by atoms with van der Waals surface area (Å²) >= 11 is 0. The number of hydrogen-bond acceptors (Lipinski definition) is 3. The SMILES string of the molecule is CCCCCCCCCCCC(NC)c1cnnn1C. The summed E-state index contributed by atoms with van der Waals surface area (Å²) in [4.78, 5) is 0. The Labute approximate surface area is 124 Å². The van der Waals surface area contributed by atoms with Crippen molar-refractivity contribution in [2.75, 3.05) is 7.05 Å². The molecule has 1 rings (SSSR count). The van der Waals surface area contributed by atoms with E-state index in [2.05, 4.69) is 22.6 Å². The zero-order valence-corrected chi connectivity index (χ0v) is 13.6. The Kier molecular flexibility index (Phi) is 9.29. The highest BCUT2D eigenvalue weighted by atomic mass is 15.4. The maximum atomic E-state index is 4.01. The maximum absolute atomic E-state index is 4.01. The highest BCUT2D eigenvalue weighted by molar-refractivity contribution is 5.01. The molecule has 0 aromatic carbocycles. The molecule has 4 heteroatoms. The largest absolute Gasteiger partial charge is 0.312 e. The third kappa shape index (κ3) is 6.51. The van der Waals surface area contributed by atoms with E-state index in [0.29, 0.717) is 6.04 Å². The van der Waals surface area contributed by atoms with Gasteiger partial charge in [0.1, 0.15) is 0 Å². The molecule has 0 spiro atoms. The van der Waals surface area contributed by atoms with E-state index in [1.54, 1.807) is 0 Å². The van der Waals surface area contributed by atoms with E-state index in [9.17, 15) is 0 Å². The molecule has 1 aromatic rings. The molecular weight excluding hydrogens is 248 g/mol. The molecule has 0 radical (unpaired) electrons. The van der Waals surface area contributed by atoms with Gasteiger partial charge < -0.3 is 5.32 Å². The number of rotatable bonds is 12. The summed E-state index contributed by atoms with van der Waals surface area (Å²) in [5.74, 6) is 0. The fraction of sp³-hybridized carbons (Fsp3) is 0.875. The molecule has 1 atom stereocenters. The molecule has 0 saturated carbocycles. The van der Waals surface area contributed by atoms with E-state index in [1.165, 1.54) is 69.9 Å². The topological polar surface area (TPSA) is 42.7 Å². The van der Waals surface area contributed by atoms with Gasteiger partial charge in [-0.3, -0.25) is 4.68 Å². The Balaban J connectivity index is 2.04. The van der Waals surface area contributed by atoms with Crippen LogP contribution in [0.15, 0.2) is 6.20 Å². The number of nitrogens with zero attached hydrogens (tertiary/aromatic N) is 3. The van der Waals surface area contributed by atoms with Crippen LogP contribution in [0.5, 0.6) is 0 Å². The van der Waals surface area contributed by atoms with E-state index in [-0.39, 0.29) is 0 Å². The average molecular weight is 280 g/mol. The summed E-state index contributed by atoms with van der Waals surface area (Å²) in [5.41, 5.74) is 1.19. The quantitative estimate of drug-likeness (QED) is 0.589. The first-order chi connectivity index (χ1) is 9.79. The molecule has 1 unspecified atom stereocenters. The predicted octanol–water partition coefficient (Wildman–Crippen LogP) is 4.00. The predicted molar refractivity (Wildman–Crippen MR) is 84.6 cm³/mol. The zero-order valence-electron chi connectivity index (χ0n) is 13.6. The Morgan fingerprint density at radius 1 is 1.05 bits per heavy atom. The van der Waals surface area contributed by atoms with Gasteiger partial charge in [0.25, 0.3) is 0 Å². The van der Waals surface area contributed by atoms with Crippen LogP contribution in [0.1, 0.15) is 82.9 Å². The van der Waals surface area contributed by atoms with E-state index in [1.807, 2.05) is 25.0 Å². The number of unbranched alkanes of at least 4 members (excludes halogenated alkanes) is 8. The van der Waals surface area contributed by atoms with Crippen molar-refractivity contribution < 1.29 is 0 Å². The fourth-order valence-electron chi connectivity index (χ4n) is 2.71. The number of aromatic nitrogens is 3. The maximum Gasteiger partial charge on any atom is 0.0753 e. The van der Waals surface area contributed by atoms with Crippen molar-refractivity contribution in [3.8, 4) is 0 Å². The van der Waals surface area contributed by atoms with Crippen molar-refractivity contribution in [1.29, 1.82) is 0 Å². The van der Waals surface area contributed by atoms with E-state index < -0.39 is 0 Å². The van der Waals surface area contributed by atoms with Crippen LogP contribution in [0.3, 0.4) is 0 Å². The van der Waals surface area contributed by atoms with Crippen LogP contribution in [-0.4, -0.2) is 22.0 Å². The van der Waals surface area contributed by atoms with E-state index in [0.717, 1.165) is 0 Å². The molecule has 1 aromatic heterocycles. The van der Waals surface area contributed by atoms with Gasteiger partial charge in [0.2, 0.25) is 0 Å². The standard InChI is InChI=1S/C16H32N4/c1-4-5-6-7-8-9-10-11-12-13-15(17-2)16-14-18-19-20(16)3/h14-15,17H,4-13H2,1-3H3. The summed E-state index contributed by atoms with van der Waals surface area (Å²) in [6, 6.07) is 0.388. The van der Waals surface area contributed by atoms with Crippen molar-refractivity contribution in [1.82, 2.24) is 20.3 Å². The average Bonchev–Trinajstić information content (AvgIpc) is 2.87. The van der Waals surface area contributed by atoms with Gasteiger partial charge >= 0.3 is 0 Å². The number of aryl methyl sites for hydroxylation is 1. The number of nitrogens with one attached hydrogen (secondary N) is 1. The molecule has 0 aliphatic carbocycles. The summed E-state index contributed by atoms with van der Waals surface area (Å²) in [6.07, 6.45) is 15.5. The molecule has 116 valence electrons. The van der Waals surface area contributed by atoms with Crippen LogP contribution in [-0.2, 0) is 7.05 Å². The Hall–Kier alpha value is -0.900. The third-order valence-corrected chi connectivity index (χ3v) is 4.05. The normalized spacial score (nSPS) is 12.8. The Bertz CT molecular complexity index is 335. The number of hydrogen-bond donors (Lipinski definition) is 1. The van der Waals surface area contributed by atoms with Gasteiger partial charge in [-0.1, -0.05) is 69.9 Å². The van der Waals surface area contributed by atoms with Gasteiger partial charge in [0.15, 0.2) is 0 Å². The Morgan fingerprint density at radius 3 is 2.15 bits per heavy atom. The van der Waals surface area contributed by atoms with Gasteiger partial charge in [0, 0.05) is 7.05 Å². The second kappa shape index (κ2) is 10.8. The van der Waals surface area contributed by atoms with Crippen molar-refractivity contribution >= 4 is 0 Å². The Morgan fingerprint density at radius 2 is 1.65 bits per heavy atom. The lowest BCUT2D eigenvalue weighted by Gasteiger charge is -2.15. The molecule has 0 bridgehead atoms. The van der Waals surface area contributed by atoms with Crippen LogP contribution in [0.25, 0.3) is 0 Å². The van der Waals surface area contributed by atoms with E-state index >= 15 is 0 Å². The second-order valence-electron chi connectivity index (χ2n) is 5.74. The minimum absolute atomic E-state index is 0.388. The van der Waals surface area contributed by atoms with Gasteiger partial charge in [0.05, 0.1) is 17.9 Å². The van der Waals surface area contributed by atoms with Crippen LogP contribution in [0.2, 0.25) is 0 Å². The van der Waals surface area contributed by atoms with Crippen molar-refractivity contribution in [2.24, 2.45) is 7.05 Å². The molecule has 0 amide bonds. The van der Waals surface area contributed by atoms with Crippen LogP contribution in [0, 0.1) is 0 Å². The second-order valence-corrected chi connectivity index (χ2v) is 5.74. The highest BCUT2D eigenvalue weighted by Gasteiger charge is 2.12. The molecule has 0 aliphatic heterocycles. The summed E-state index contributed by atoms with van der Waals surface area (Å²) in [5, 5.41) is 11.3. The minimum Gasteiger partial charge on any atom is -0.312 e. The molecule has 0 aliphatic rings. The first kappa shape index (κ1) is 17.2. The molecule has 0 saturated heterocycles. The zero-order chi connectivity index (χ0) is 14.6. The van der Waals surface area contributed by atoms with Crippen LogP contribution < -0.4 is 5.32 Å². The fourth-order valence-corrected chi connectivity index (χ4v) is 2.71. The first-order valence-corrected chi connectivity index (χ1v) is 8.31. The molecule has 0 fully saturated rings. The molecule has 1 heterocycles. The first-order valence-electron chi connectivity index (χ1n) is 8.31. The molecule has 1 N–H and O–H groups in total. The lowest BCUT2D eigenvalue weighted by atomic mass is 10.0. The van der Waals surface area contributed by atoms with Gasteiger partial charge in [-0.15, -0.1) is 5.10 Å². The van der Waals surface area contributed by atoms with Gasteiger partial charge in [-0.25, -0.2) is 0 Å². The van der Waals surface area contributed by atoms with E-state index in [4.69, 9.17) is 0 Å². The summed E-state index contributed by atoms with van der Waals surface area (Å²) in [6.45, 7) is 2.27. The molecule has 20 heavy (non-hydrogen) atoms. The molecule has 4 nitrogen and oxygen atoms in total. The lowest BCUT2D eigenvalue weighted by molar-refractivity contribution is 0.468. The smallest absolute Gasteiger partial charge is 0.0753 e. The summed E-state index contributed by atoms with van der Waals surface area (Å²) in [7, 11) is 3.98. The highest BCUT2D eigenvalue weighted by Crippen LogP contribution is 2.19. The lowest BCUT2D eigenvalue weighted by Crippen LogP contribution is -2.19.